The van der Waals surface area contributed by atoms with E-state index in [1.165, 1.54) is 11.1 Å². The van der Waals surface area contributed by atoms with Crippen LogP contribution in [0.2, 0.25) is 0 Å². The molecular weight excluding hydrogens is 244 g/mol. The maximum Gasteiger partial charge on any atom is 0.0511 e. The van der Waals surface area contributed by atoms with Crippen molar-refractivity contribution in [1.82, 2.24) is 0 Å². The molecule has 0 aromatic heterocycles. The number of halogens is 1. The first-order valence-electron chi connectivity index (χ1n) is 6.78. The van der Waals surface area contributed by atoms with Gasteiger partial charge >= 0.3 is 0 Å². The summed E-state index contributed by atoms with van der Waals surface area (Å²) in [7, 11) is 0. The van der Waals surface area contributed by atoms with E-state index in [9.17, 15) is 0 Å². The molecule has 1 aromatic rings. The second kappa shape index (κ2) is 5.63. The second-order valence-electron chi connectivity index (χ2n) is 6.29. The summed E-state index contributed by atoms with van der Waals surface area (Å²) in [6.07, 6.45) is 2.00. The summed E-state index contributed by atoms with van der Waals surface area (Å²) in [5.41, 5.74) is 2.97. The van der Waals surface area contributed by atoms with Gasteiger partial charge < -0.3 is 4.74 Å². The average Bonchev–Trinajstić information content (AvgIpc) is 2.32. The monoisotopic (exact) mass is 266 g/mol. The molecule has 0 N–H and O–H groups in total. The zero-order valence-electron chi connectivity index (χ0n) is 11.6. The molecule has 0 spiro atoms. The van der Waals surface area contributed by atoms with Crippen LogP contribution in [-0.2, 0) is 16.6 Å². The lowest BCUT2D eigenvalue weighted by molar-refractivity contribution is 0.0578. The Hall–Kier alpha value is -0.530. The number of hydrogen-bond donors (Lipinski definition) is 0. The molecule has 0 bridgehead atoms. The topological polar surface area (TPSA) is 9.23 Å². The lowest BCUT2D eigenvalue weighted by Gasteiger charge is -2.27. The normalized spacial score (nSPS) is 25.1. The van der Waals surface area contributed by atoms with Crippen molar-refractivity contribution in [2.45, 2.75) is 44.4 Å². The molecule has 1 aromatic carbocycles. The molecule has 0 aliphatic carbocycles. The minimum absolute atomic E-state index is 0.224. The Bertz CT molecular complexity index is 377. The lowest BCUT2D eigenvalue weighted by atomic mass is 9.85. The van der Waals surface area contributed by atoms with E-state index in [1.54, 1.807) is 0 Å². The van der Waals surface area contributed by atoms with Gasteiger partial charge in [0.05, 0.1) is 6.61 Å². The standard InChI is InChI=1S/C16H23ClO/c1-16(2,3)14-6-4-12(5-7-14)10-13-11-18-9-8-15(13)17/h4-7,13,15H,8-11H2,1-3H3. The van der Waals surface area contributed by atoms with Gasteiger partial charge in [0.25, 0.3) is 0 Å². The van der Waals surface area contributed by atoms with Crippen LogP contribution >= 0.6 is 11.6 Å². The third-order valence-electron chi connectivity index (χ3n) is 3.70. The molecule has 1 heterocycles. The van der Waals surface area contributed by atoms with Gasteiger partial charge in [0, 0.05) is 17.9 Å². The van der Waals surface area contributed by atoms with Crippen molar-refractivity contribution < 1.29 is 4.74 Å². The van der Waals surface area contributed by atoms with Crippen LogP contribution in [0.4, 0.5) is 0 Å². The van der Waals surface area contributed by atoms with Gasteiger partial charge in [-0.2, -0.15) is 0 Å². The van der Waals surface area contributed by atoms with Gasteiger partial charge in [-0.15, -0.1) is 11.6 Å². The van der Waals surface area contributed by atoms with E-state index >= 15 is 0 Å². The van der Waals surface area contributed by atoms with Crippen molar-refractivity contribution >= 4 is 11.6 Å². The van der Waals surface area contributed by atoms with E-state index in [4.69, 9.17) is 16.3 Å². The van der Waals surface area contributed by atoms with Crippen molar-refractivity contribution in [2.24, 2.45) is 5.92 Å². The number of rotatable bonds is 2. The van der Waals surface area contributed by atoms with Crippen LogP contribution in [0.1, 0.15) is 38.3 Å². The highest BCUT2D eigenvalue weighted by atomic mass is 35.5. The van der Waals surface area contributed by atoms with Crippen LogP contribution in [0.5, 0.6) is 0 Å². The molecule has 2 unspecified atom stereocenters. The van der Waals surface area contributed by atoms with Crippen LogP contribution in [0.25, 0.3) is 0 Å². The summed E-state index contributed by atoms with van der Waals surface area (Å²) < 4.78 is 5.52. The van der Waals surface area contributed by atoms with Crippen molar-refractivity contribution in [3.63, 3.8) is 0 Å². The van der Waals surface area contributed by atoms with Crippen LogP contribution in [0.3, 0.4) is 0 Å². The predicted octanol–water partition coefficient (Wildman–Crippen LogP) is 4.17. The molecule has 0 radical (unpaired) electrons. The summed E-state index contributed by atoms with van der Waals surface area (Å²) in [5.74, 6) is 0.459. The summed E-state index contributed by atoms with van der Waals surface area (Å²) in [6, 6.07) is 8.95. The van der Waals surface area contributed by atoms with Gasteiger partial charge in [0.15, 0.2) is 0 Å². The Morgan fingerprint density at radius 1 is 1.22 bits per heavy atom. The highest BCUT2D eigenvalue weighted by molar-refractivity contribution is 6.20. The highest BCUT2D eigenvalue weighted by Gasteiger charge is 2.24. The fraction of sp³-hybridized carbons (Fsp3) is 0.625. The van der Waals surface area contributed by atoms with Gasteiger partial charge in [0.1, 0.15) is 0 Å². The van der Waals surface area contributed by atoms with Crippen LogP contribution in [0.15, 0.2) is 24.3 Å². The van der Waals surface area contributed by atoms with E-state index in [1.807, 2.05) is 0 Å². The molecule has 100 valence electrons. The minimum Gasteiger partial charge on any atom is -0.381 e. The molecule has 1 fully saturated rings. The average molecular weight is 267 g/mol. The fourth-order valence-electron chi connectivity index (χ4n) is 2.40. The molecule has 1 aliphatic rings. The largest absolute Gasteiger partial charge is 0.381 e. The Morgan fingerprint density at radius 3 is 2.44 bits per heavy atom. The molecule has 1 aliphatic heterocycles. The zero-order valence-corrected chi connectivity index (χ0v) is 12.3. The van der Waals surface area contributed by atoms with Gasteiger partial charge in [-0.3, -0.25) is 0 Å². The van der Waals surface area contributed by atoms with E-state index < -0.39 is 0 Å². The molecule has 2 rings (SSSR count). The summed E-state index contributed by atoms with van der Waals surface area (Å²) in [4.78, 5) is 0. The summed E-state index contributed by atoms with van der Waals surface area (Å²) in [6.45, 7) is 8.34. The number of benzene rings is 1. The Balaban J connectivity index is 2.02. The predicted molar refractivity (Wildman–Crippen MR) is 77.4 cm³/mol. The molecule has 0 amide bonds. The SMILES string of the molecule is CC(C)(C)c1ccc(CC2COCCC2Cl)cc1. The quantitative estimate of drug-likeness (QED) is 0.730. The molecule has 2 atom stereocenters. The number of ether oxygens (including phenoxy) is 1. The van der Waals surface area contributed by atoms with Gasteiger partial charge in [-0.25, -0.2) is 0 Å². The van der Waals surface area contributed by atoms with Crippen LogP contribution in [0, 0.1) is 5.92 Å². The maximum atomic E-state index is 6.36. The number of alkyl halides is 1. The lowest BCUT2D eigenvalue weighted by Crippen LogP contribution is -2.29. The minimum atomic E-state index is 0.224. The molecule has 1 nitrogen and oxygen atoms in total. The van der Waals surface area contributed by atoms with Gasteiger partial charge in [-0.1, -0.05) is 45.0 Å². The van der Waals surface area contributed by atoms with Crippen molar-refractivity contribution in [3.05, 3.63) is 35.4 Å². The second-order valence-corrected chi connectivity index (χ2v) is 6.85. The van der Waals surface area contributed by atoms with Crippen LogP contribution in [-0.4, -0.2) is 18.6 Å². The molecule has 0 saturated carbocycles. The van der Waals surface area contributed by atoms with Crippen molar-refractivity contribution in [1.29, 1.82) is 0 Å². The Labute approximate surface area is 115 Å². The third-order valence-corrected chi connectivity index (χ3v) is 4.27. The van der Waals surface area contributed by atoms with Crippen molar-refractivity contribution in [2.75, 3.05) is 13.2 Å². The first-order valence-corrected chi connectivity index (χ1v) is 7.22. The van der Waals surface area contributed by atoms with Gasteiger partial charge in [-0.05, 0) is 29.4 Å². The highest BCUT2D eigenvalue weighted by Crippen LogP contribution is 2.26. The Kier molecular flexibility index (Phi) is 4.34. The molecule has 18 heavy (non-hydrogen) atoms. The maximum absolute atomic E-state index is 6.36. The van der Waals surface area contributed by atoms with Crippen LogP contribution < -0.4 is 0 Å². The third kappa shape index (κ3) is 3.49. The van der Waals surface area contributed by atoms with Gasteiger partial charge in [0.2, 0.25) is 0 Å². The van der Waals surface area contributed by atoms with E-state index in [0.29, 0.717) is 5.92 Å². The fourth-order valence-corrected chi connectivity index (χ4v) is 2.65. The van der Waals surface area contributed by atoms with E-state index in [2.05, 4.69) is 45.0 Å². The van der Waals surface area contributed by atoms with E-state index in [0.717, 1.165) is 26.1 Å². The smallest absolute Gasteiger partial charge is 0.0511 e. The number of hydrogen-bond acceptors (Lipinski definition) is 1. The van der Waals surface area contributed by atoms with Crippen molar-refractivity contribution in [3.8, 4) is 0 Å². The first-order chi connectivity index (χ1) is 8.47. The molecular formula is C16H23ClO. The first kappa shape index (κ1) is 13.9. The Morgan fingerprint density at radius 2 is 1.89 bits per heavy atom. The summed E-state index contributed by atoms with van der Waals surface area (Å²) >= 11 is 6.36. The molecule has 1 saturated heterocycles. The summed E-state index contributed by atoms with van der Waals surface area (Å²) in [5, 5.41) is 0.265. The molecule has 2 heteroatoms. The van der Waals surface area contributed by atoms with E-state index in [-0.39, 0.29) is 10.8 Å². The zero-order chi connectivity index (χ0) is 13.2.